The number of hydrogen-bond acceptors (Lipinski definition) is 7. The third kappa shape index (κ3) is 3.34. The Kier molecular flexibility index (Phi) is 4.84. The van der Waals surface area contributed by atoms with E-state index in [2.05, 4.69) is 15.9 Å². The van der Waals surface area contributed by atoms with E-state index in [1.807, 2.05) is 18.4 Å². The molecule has 7 heteroatoms. The molecule has 0 spiro atoms. The highest BCUT2D eigenvalue weighted by molar-refractivity contribution is 7.19. The highest BCUT2D eigenvalue weighted by Gasteiger charge is 2.24. The number of fused-ring (bicyclic) bond motifs is 3. The van der Waals surface area contributed by atoms with E-state index in [0.29, 0.717) is 13.0 Å². The van der Waals surface area contributed by atoms with Crippen molar-refractivity contribution in [3.63, 3.8) is 0 Å². The molecule has 0 bridgehead atoms. The maximum Gasteiger partial charge on any atom is 0.146 e. The maximum atomic E-state index is 8.94. The molecule has 3 heterocycles. The molecule has 132 valence electrons. The van der Waals surface area contributed by atoms with Gasteiger partial charge in [0.15, 0.2) is 0 Å². The van der Waals surface area contributed by atoms with Crippen molar-refractivity contribution in [1.82, 2.24) is 14.9 Å². The van der Waals surface area contributed by atoms with Crippen LogP contribution in [0.25, 0.3) is 10.2 Å². The predicted octanol–water partition coefficient (Wildman–Crippen LogP) is 2.36. The molecule has 0 saturated carbocycles. The van der Waals surface area contributed by atoms with Crippen molar-refractivity contribution >= 4 is 27.4 Å². The number of anilines is 1. The van der Waals surface area contributed by atoms with E-state index < -0.39 is 0 Å². The lowest BCUT2D eigenvalue weighted by molar-refractivity contribution is 0.0331. The first-order valence-corrected chi connectivity index (χ1v) is 9.77. The Bertz CT molecular complexity index is 806. The van der Waals surface area contributed by atoms with Crippen LogP contribution in [-0.2, 0) is 24.1 Å². The molecule has 0 radical (unpaired) electrons. The fraction of sp³-hybridized carbons (Fsp3) is 0.611. The summed E-state index contributed by atoms with van der Waals surface area (Å²) in [6, 6.07) is 2.24. The van der Waals surface area contributed by atoms with E-state index in [0.717, 1.165) is 62.2 Å². The number of nitriles is 1. The van der Waals surface area contributed by atoms with Gasteiger partial charge < -0.3 is 9.64 Å². The lowest BCUT2D eigenvalue weighted by Gasteiger charge is -2.26. The van der Waals surface area contributed by atoms with Crippen molar-refractivity contribution in [2.24, 2.45) is 0 Å². The monoisotopic (exact) mass is 357 g/mol. The molecule has 0 N–H and O–H groups in total. The Morgan fingerprint density at radius 1 is 1.28 bits per heavy atom. The molecule has 25 heavy (non-hydrogen) atoms. The van der Waals surface area contributed by atoms with Crippen LogP contribution in [0, 0.1) is 11.3 Å². The van der Waals surface area contributed by atoms with Crippen LogP contribution in [0.2, 0.25) is 0 Å². The first-order valence-electron chi connectivity index (χ1n) is 8.95. The summed E-state index contributed by atoms with van der Waals surface area (Å²) < 4.78 is 5.44. The average Bonchev–Trinajstić information content (AvgIpc) is 3.20. The first-order chi connectivity index (χ1) is 12.3. The summed E-state index contributed by atoms with van der Waals surface area (Å²) >= 11 is 1.83. The normalized spacial score (nSPS) is 17.6. The summed E-state index contributed by atoms with van der Waals surface area (Å²) in [5.41, 5.74) is 1.44. The largest absolute Gasteiger partial charge is 0.379 e. The SMILES string of the molecule is CN(CCC#N)c1nc(CN2CCOCC2)nc2sc3c(c12)CCC3. The number of rotatable bonds is 5. The number of aryl methyl sites for hydroxylation is 2. The van der Waals surface area contributed by atoms with Crippen LogP contribution in [0.15, 0.2) is 0 Å². The Morgan fingerprint density at radius 3 is 2.92 bits per heavy atom. The van der Waals surface area contributed by atoms with E-state index in [4.69, 9.17) is 20.0 Å². The second-order valence-electron chi connectivity index (χ2n) is 6.72. The van der Waals surface area contributed by atoms with Gasteiger partial charge in [0.2, 0.25) is 0 Å². The zero-order valence-corrected chi connectivity index (χ0v) is 15.4. The summed E-state index contributed by atoms with van der Waals surface area (Å²) in [4.78, 5) is 16.9. The summed E-state index contributed by atoms with van der Waals surface area (Å²) in [7, 11) is 2.04. The van der Waals surface area contributed by atoms with Gasteiger partial charge in [-0.3, -0.25) is 4.90 Å². The van der Waals surface area contributed by atoms with Gasteiger partial charge in [0, 0.05) is 31.6 Å². The number of aromatic nitrogens is 2. The third-order valence-corrected chi connectivity index (χ3v) is 6.17. The number of hydrogen-bond donors (Lipinski definition) is 0. The van der Waals surface area contributed by atoms with Gasteiger partial charge in [0.05, 0.1) is 37.6 Å². The minimum atomic E-state index is 0.507. The molecule has 1 aliphatic carbocycles. The van der Waals surface area contributed by atoms with Crippen molar-refractivity contribution < 1.29 is 4.74 Å². The molecular formula is C18H23N5OS. The predicted molar refractivity (Wildman–Crippen MR) is 99.0 cm³/mol. The number of nitrogens with zero attached hydrogens (tertiary/aromatic N) is 5. The van der Waals surface area contributed by atoms with Gasteiger partial charge in [0.25, 0.3) is 0 Å². The van der Waals surface area contributed by atoms with Crippen LogP contribution in [0.5, 0.6) is 0 Å². The molecule has 2 aliphatic rings. The summed E-state index contributed by atoms with van der Waals surface area (Å²) in [6.07, 6.45) is 4.03. The van der Waals surface area contributed by atoms with E-state index >= 15 is 0 Å². The minimum Gasteiger partial charge on any atom is -0.379 e. The lowest BCUT2D eigenvalue weighted by Crippen LogP contribution is -2.36. The Hall–Kier alpha value is -1.75. The van der Waals surface area contributed by atoms with Crippen molar-refractivity contribution in [2.45, 2.75) is 32.2 Å². The zero-order valence-electron chi connectivity index (χ0n) is 14.6. The average molecular weight is 357 g/mol. The fourth-order valence-corrected chi connectivity index (χ4v) is 4.92. The molecule has 0 amide bonds. The summed E-state index contributed by atoms with van der Waals surface area (Å²) in [6.45, 7) is 4.89. The molecule has 1 saturated heterocycles. The van der Waals surface area contributed by atoms with Crippen molar-refractivity contribution in [2.75, 3.05) is 44.8 Å². The standard InChI is InChI=1S/C18H23N5OS/c1-22(7-3-6-19)17-16-13-4-2-5-14(13)25-18(16)21-15(20-17)12-23-8-10-24-11-9-23/h2-5,7-12H2,1H3. The van der Waals surface area contributed by atoms with Gasteiger partial charge in [-0.25, -0.2) is 9.97 Å². The van der Waals surface area contributed by atoms with Crippen LogP contribution >= 0.6 is 11.3 Å². The molecule has 1 fully saturated rings. The van der Waals surface area contributed by atoms with Gasteiger partial charge >= 0.3 is 0 Å². The molecule has 1 aliphatic heterocycles. The van der Waals surface area contributed by atoms with Gasteiger partial charge in [-0.2, -0.15) is 5.26 Å². The fourth-order valence-electron chi connectivity index (χ4n) is 3.65. The molecule has 2 aromatic heterocycles. The third-order valence-electron chi connectivity index (χ3n) is 4.98. The van der Waals surface area contributed by atoms with Crippen LogP contribution in [-0.4, -0.2) is 54.8 Å². The van der Waals surface area contributed by atoms with Gasteiger partial charge in [-0.1, -0.05) is 0 Å². The van der Waals surface area contributed by atoms with Crippen LogP contribution < -0.4 is 4.90 Å². The molecule has 0 aromatic carbocycles. The first kappa shape index (κ1) is 16.7. The van der Waals surface area contributed by atoms with Crippen LogP contribution in [0.1, 0.15) is 29.1 Å². The Morgan fingerprint density at radius 2 is 2.12 bits per heavy atom. The van der Waals surface area contributed by atoms with Crippen molar-refractivity contribution in [3.8, 4) is 6.07 Å². The van der Waals surface area contributed by atoms with Crippen LogP contribution in [0.3, 0.4) is 0 Å². The van der Waals surface area contributed by atoms with E-state index in [1.54, 1.807) is 0 Å². The quantitative estimate of drug-likeness (QED) is 0.818. The molecular weight excluding hydrogens is 334 g/mol. The Labute approximate surface area is 152 Å². The maximum absolute atomic E-state index is 8.94. The molecule has 6 nitrogen and oxygen atoms in total. The lowest BCUT2D eigenvalue weighted by atomic mass is 10.2. The summed E-state index contributed by atoms with van der Waals surface area (Å²) in [5.74, 6) is 1.89. The summed E-state index contributed by atoms with van der Waals surface area (Å²) in [5, 5.41) is 10.2. The van der Waals surface area contributed by atoms with E-state index in [9.17, 15) is 0 Å². The minimum absolute atomic E-state index is 0.507. The van der Waals surface area contributed by atoms with E-state index in [1.165, 1.54) is 22.2 Å². The van der Waals surface area contributed by atoms with Gasteiger partial charge in [0.1, 0.15) is 16.5 Å². The zero-order chi connectivity index (χ0) is 17.2. The van der Waals surface area contributed by atoms with E-state index in [-0.39, 0.29) is 0 Å². The van der Waals surface area contributed by atoms with Gasteiger partial charge in [-0.05, 0) is 24.8 Å². The molecule has 4 rings (SSSR count). The van der Waals surface area contributed by atoms with Crippen molar-refractivity contribution in [3.05, 3.63) is 16.3 Å². The van der Waals surface area contributed by atoms with Crippen LogP contribution in [0.4, 0.5) is 5.82 Å². The molecule has 2 aromatic rings. The highest BCUT2D eigenvalue weighted by atomic mass is 32.1. The smallest absolute Gasteiger partial charge is 0.146 e. The number of morpholine rings is 1. The second kappa shape index (κ2) is 7.24. The van der Waals surface area contributed by atoms with Crippen molar-refractivity contribution in [1.29, 1.82) is 5.26 Å². The topological polar surface area (TPSA) is 65.3 Å². The second-order valence-corrected chi connectivity index (χ2v) is 7.80. The highest BCUT2D eigenvalue weighted by Crippen LogP contribution is 2.40. The Balaban J connectivity index is 1.71. The number of thiophene rings is 1. The molecule has 0 unspecified atom stereocenters. The van der Waals surface area contributed by atoms with Gasteiger partial charge in [-0.15, -0.1) is 11.3 Å². The molecule has 0 atom stereocenters. The number of ether oxygens (including phenoxy) is 1.